The first kappa shape index (κ1) is 103. The molecule has 0 aromatic heterocycles. The molecule has 0 amide bonds. The number of hydrogen-bond donors (Lipinski definition) is 3. The monoisotopic (exact) mass is 1540 g/mol. The fraction of sp³-hybridized carbons (Fsp3) is 0.953. The van der Waals surface area contributed by atoms with Gasteiger partial charge in [-0.2, -0.15) is 0 Å². The molecule has 17 nitrogen and oxygen atoms in total. The minimum Gasteiger partial charge on any atom is -0.462 e. The Balaban J connectivity index is 5.25. The minimum atomic E-state index is -4.97. The number of esters is 4. The van der Waals surface area contributed by atoms with Crippen LogP contribution in [0.2, 0.25) is 0 Å². The molecule has 0 aromatic carbocycles. The van der Waals surface area contributed by atoms with Crippen molar-refractivity contribution >= 4 is 39.5 Å². The highest BCUT2D eigenvalue weighted by Gasteiger charge is 2.30. The Morgan fingerprint density at radius 1 is 0.257 bits per heavy atom. The van der Waals surface area contributed by atoms with Gasteiger partial charge in [0.15, 0.2) is 12.2 Å². The van der Waals surface area contributed by atoms with Crippen LogP contribution >= 0.6 is 15.6 Å². The second-order valence-corrected chi connectivity index (χ2v) is 35.3. The second kappa shape index (κ2) is 76.1. The van der Waals surface area contributed by atoms with E-state index in [0.29, 0.717) is 25.7 Å². The summed E-state index contributed by atoms with van der Waals surface area (Å²) < 4.78 is 68.9. The van der Waals surface area contributed by atoms with Gasteiger partial charge in [0.25, 0.3) is 0 Å². The molecule has 624 valence electrons. The summed E-state index contributed by atoms with van der Waals surface area (Å²) in [6.07, 6.45) is 66.7. The molecule has 0 aliphatic carbocycles. The molecule has 19 heteroatoms. The lowest BCUT2D eigenvalue weighted by Gasteiger charge is -2.21. The molecule has 0 saturated heterocycles. The summed E-state index contributed by atoms with van der Waals surface area (Å²) in [7, 11) is -9.93. The van der Waals surface area contributed by atoms with E-state index in [2.05, 4.69) is 48.5 Å². The quantitative estimate of drug-likeness (QED) is 0.0222. The number of rotatable bonds is 84. The maximum absolute atomic E-state index is 13.1. The molecule has 0 radical (unpaired) electrons. The molecule has 0 spiro atoms. The highest BCUT2D eigenvalue weighted by atomic mass is 31.2. The van der Waals surface area contributed by atoms with E-state index in [1.165, 1.54) is 263 Å². The number of phosphoric ester groups is 2. The molecule has 0 aliphatic heterocycles. The predicted molar refractivity (Wildman–Crippen MR) is 432 cm³/mol. The number of aliphatic hydroxyl groups excluding tert-OH is 1. The normalized spacial score (nSPS) is 13.9. The first-order chi connectivity index (χ1) is 50.7. The van der Waals surface area contributed by atoms with Crippen molar-refractivity contribution < 1.29 is 80.2 Å². The van der Waals surface area contributed by atoms with Crippen molar-refractivity contribution in [2.75, 3.05) is 39.6 Å². The molecule has 0 bridgehead atoms. The van der Waals surface area contributed by atoms with Crippen molar-refractivity contribution in [2.24, 2.45) is 17.8 Å². The van der Waals surface area contributed by atoms with Gasteiger partial charge in [-0.1, -0.05) is 402 Å². The number of ether oxygens (including phenoxy) is 4. The lowest BCUT2D eigenvalue weighted by Crippen LogP contribution is -2.30. The lowest BCUT2D eigenvalue weighted by molar-refractivity contribution is -0.161. The smallest absolute Gasteiger partial charge is 0.462 e. The molecule has 0 aliphatic rings. The van der Waals surface area contributed by atoms with Crippen LogP contribution in [0, 0.1) is 17.8 Å². The van der Waals surface area contributed by atoms with E-state index in [0.717, 1.165) is 108 Å². The number of carbonyl (C=O) groups excluding carboxylic acids is 4. The van der Waals surface area contributed by atoms with Crippen molar-refractivity contribution in [3.05, 3.63) is 0 Å². The van der Waals surface area contributed by atoms with Gasteiger partial charge in [0, 0.05) is 25.7 Å². The zero-order valence-electron chi connectivity index (χ0n) is 69.2. The SMILES string of the molecule is CCCCCCCCCCCCCCCCCCCCCCC(=O)O[C@H](COC(=O)CCCCCCCCCCCCCCCCCC(C)C)COP(=O)(O)OC[C@@H](O)COP(=O)(O)OC[C@@H](COC(=O)CCCCCCCCCCC(C)C)OC(=O)CCCCCCCCCCCCCCCC(C)C. The van der Waals surface area contributed by atoms with Crippen LogP contribution in [0.4, 0.5) is 0 Å². The molecule has 0 heterocycles. The molecular formula is C86H168O17P2. The van der Waals surface area contributed by atoms with Crippen LogP contribution in [-0.2, 0) is 65.4 Å². The van der Waals surface area contributed by atoms with E-state index in [4.69, 9.17) is 37.0 Å². The maximum Gasteiger partial charge on any atom is 0.472 e. The Morgan fingerprint density at radius 3 is 0.648 bits per heavy atom. The fourth-order valence-corrected chi connectivity index (χ4v) is 14.9. The van der Waals surface area contributed by atoms with Gasteiger partial charge in [0.05, 0.1) is 26.4 Å². The summed E-state index contributed by atoms with van der Waals surface area (Å²) in [6.45, 7) is 12.0. The summed E-state index contributed by atoms with van der Waals surface area (Å²) in [6, 6.07) is 0. The Bertz CT molecular complexity index is 2030. The Kier molecular flexibility index (Phi) is 74.7. The number of aliphatic hydroxyl groups is 1. The summed E-state index contributed by atoms with van der Waals surface area (Å²) in [4.78, 5) is 73.2. The number of hydrogen-bond acceptors (Lipinski definition) is 15. The van der Waals surface area contributed by atoms with Gasteiger partial charge in [0.2, 0.25) is 0 Å². The summed E-state index contributed by atoms with van der Waals surface area (Å²) in [5.74, 6) is 0.214. The topological polar surface area (TPSA) is 237 Å². The van der Waals surface area contributed by atoms with Gasteiger partial charge >= 0.3 is 39.5 Å². The summed E-state index contributed by atoms with van der Waals surface area (Å²) in [5.41, 5.74) is 0. The number of carbonyl (C=O) groups is 4. The Morgan fingerprint density at radius 2 is 0.438 bits per heavy atom. The van der Waals surface area contributed by atoms with Crippen LogP contribution in [0.25, 0.3) is 0 Å². The highest BCUT2D eigenvalue weighted by molar-refractivity contribution is 7.47. The predicted octanol–water partition coefficient (Wildman–Crippen LogP) is 26.1. The summed E-state index contributed by atoms with van der Waals surface area (Å²) >= 11 is 0. The molecule has 0 aromatic rings. The molecular weight excluding hydrogens is 1370 g/mol. The van der Waals surface area contributed by atoms with Gasteiger partial charge in [-0.15, -0.1) is 0 Å². The molecule has 0 saturated carbocycles. The number of unbranched alkanes of at least 4 members (excludes halogenated alkanes) is 52. The average Bonchev–Trinajstić information content (AvgIpc) is 0.912. The van der Waals surface area contributed by atoms with Crippen molar-refractivity contribution in [1.82, 2.24) is 0 Å². The van der Waals surface area contributed by atoms with Crippen molar-refractivity contribution in [1.29, 1.82) is 0 Å². The highest BCUT2D eigenvalue weighted by Crippen LogP contribution is 2.45. The van der Waals surface area contributed by atoms with Crippen LogP contribution in [0.1, 0.15) is 453 Å². The van der Waals surface area contributed by atoms with E-state index in [-0.39, 0.29) is 25.7 Å². The molecule has 0 rings (SSSR count). The van der Waals surface area contributed by atoms with Gasteiger partial charge in [-0.3, -0.25) is 37.3 Å². The van der Waals surface area contributed by atoms with Crippen LogP contribution in [0.3, 0.4) is 0 Å². The van der Waals surface area contributed by atoms with Crippen molar-refractivity contribution in [2.45, 2.75) is 471 Å². The lowest BCUT2D eigenvalue weighted by atomic mass is 10.0. The zero-order chi connectivity index (χ0) is 77.2. The fourth-order valence-electron chi connectivity index (χ4n) is 13.4. The van der Waals surface area contributed by atoms with Crippen LogP contribution in [0.5, 0.6) is 0 Å². The van der Waals surface area contributed by atoms with E-state index in [1.54, 1.807) is 0 Å². The first-order valence-electron chi connectivity index (χ1n) is 44.3. The largest absolute Gasteiger partial charge is 0.472 e. The third kappa shape index (κ3) is 79.9. The average molecular weight is 1540 g/mol. The van der Waals surface area contributed by atoms with Crippen LogP contribution in [-0.4, -0.2) is 96.7 Å². The standard InChI is InChI=1S/C86H168O17P2/c1-8-9-10-11-12-13-14-15-16-17-18-19-20-23-29-34-39-48-55-62-69-85(90)102-81(73-96-83(88)67-60-53-46-38-33-28-24-21-22-26-31-36-43-50-57-64-77(2)3)75-100-104(92,93)98-71-80(87)72-99-105(94,95)101-76-82(74-97-84(89)68-61-54-47-42-41-45-52-59-66-79(6)7)103-86(91)70-63-56-49-40-35-30-25-27-32-37-44-51-58-65-78(4)5/h77-82,87H,8-76H2,1-7H3,(H,92,93)(H,94,95)/t80-,81-,82-/m1/s1. The third-order valence-electron chi connectivity index (χ3n) is 20.1. The molecule has 5 atom stereocenters. The first-order valence-corrected chi connectivity index (χ1v) is 47.3. The minimum absolute atomic E-state index is 0.107. The molecule has 2 unspecified atom stereocenters. The van der Waals surface area contributed by atoms with Crippen LogP contribution < -0.4 is 0 Å². The van der Waals surface area contributed by atoms with Gasteiger partial charge in [-0.25, -0.2) is 9.13 Å². The molecule has 105 heavy (non-hydrogen) atoms. The summed E-state index contributed by atoms with van der Waals surface area (Å²) in [5, 5.41) is 10.7. The van der Waals surface area contributed by atoms with E-state index in [1.807, 2.05) is 0 Å². The maximum atomic E-state index is 13.1. The molecule has 0 fully saturated rings. The Hall–Kier alpha value is -1.94. The number of phosphoric acid groups is 2. The molecule has 3 N–H and O–H groups in total. The Labute approximate surface area is 645 Å². The van der Waals surface area contributed by atoms with E-state index < -0.39 is 97.5 Å². The van der Waals surface area contributed by atoms with Crippen LogP contribution in [0.15, 0.2) is 0 Å². The third-order valence-corrected chi connectivity index (χ3v) is 22.0. The second-order valence-electron chi connectivity index (χ2n) is 32.4. The van der Waals surface area contributed by atoms with Crippen molar-refractivity contribution in [3.63, 3.8) is 0 Å². The van der Waals surface area contributed by atoms with E-state index in [9.17, 15) is 43.2 Å². The van der Waals surface area contributed by atoms with E-state index >= 15 is 0 Å². The van der Waals surface area contributed by atoms with Gasteiger partial charge in [-0.05, 0) is 43.4 Å². The van der Waals surface area contributed by atoms with Crippen molar-refractivity contribution in [3.8, 4) is 0 Å². The van der Waals surface area contributed by atoms with Gasteiger partial charge < -0.3 is 33.8 Å². The zero-order valence-corrected chi connectivity index (χ0v) is 71.0. The van der Waals surface area contributed by atoms with Gasteiger partial charge in [0.1, 0.15) is 19.3 Å².